The van der Waals surface area contributed by atoms with Crippen LogP contribution in [-0.4, -0.2) is 38.7 Å². The number of nitrogens with zero attached hydrogens (tertiary/aromatic N) is 5. The number of piperidine rings is 1. The Morgan fingerprint density at radius 3 is 2.67 bits per heavy atom. The maximum absolute atomic E-state index is 12.4. The van der Waals surface area contributed by atoms with Crippen LogP contribution in [0.25, 0.3) is 0 Å². The summed E-state index contributed by atoms with van der Waals surface area (Å²) in [6, 6.07) is 9.19. The highest BCUT2D eigenvalue weighted by Crippen LogP contribution is 2.30. The average molecular weight is 383 g/mol. The molecule has 1 aliphatic heterocycles. The highest BCUT2D eigenvalue weighted by molar-refractivity contribution is 6.32. The standard InChI is InChI=1S/C19H19ClN6O/c20-16-4-2-9-22-18(16)25-11-6-15(7-12-25)26-17(5-10-23-26)24-19(27)14-3-1-8-21-13-14/h1-5,8-10,13,15H,6-7,11-12H2,(H,24,27). The zero-order chi connectivity index (χ0) is 18.6. The molecule has 1 aliphatic rings. The first-order valence-electron chi connectivity index (χ1n) is 8.83. The molecule has 0 unspecified atom stereocenters. The fourth-order valence-electron chi connectivity index (χ4n) is 3.32. The minimum Gasteiger partial charge on any atom is -0.355 e. The number of carbonyl (C=O) groups is 1. The molecule has 8 heteroatoms. The number of aromatic nitrogens is 4. The van der Waals surface area contributed by atoms with Gasteiger partial charge in [0, 0.05) is 37.7 Å². The van der Waals surface area contributed by atoms with Gasteiger partial charge in [0.2, 0.25) is 0 Å². The van der Waals surface area contributed by atoms with Crippen LogP contribution in [0.3, 0.4) is 0 Å². The zero-order valence-corrected chi connectivity index (χ0v) is 15.4. The van der Waals surface area contributed by atoms with Gasteiger partial charge in [0.1, 0.15) is 11.6 Å². The van der Waals surface area contributed by atoms with Crippen LogP contribution in [0.4, 0.5) is 11.6 Å². The van der Waals surface area contributed by atoms with Gasteiger partial charge in [-0.1, -0.05) is 11.6 Å². The second kappa shape index (κ2) is 7.75. The Morgan fingerprint density at radius 1 is 1.11 bits per heavy atom. The molecule has 7 nitrogen and oxygen atoms in total. The van der Waals surface area contributed by atoms with Gasteiger partial charge in [-0.15, -0.1) is 0 Å². The molecule has 27 heavy (non-hydrogen) atoms. The number of halogens is 1. The lowest BCUT2D eigenvalue weighted by Gasteiger charge is -2.33. The molecular weight excluding hydrogens is 364 g/mol. The maximum atomic E-state index is 12.4. The van der Waals surface area contributed by atoms with Crippen LogP contribution >= 0.6 is 11.6 Å². The van der Waals surface area contributed by atoms with E-state index in [9.17, 15) is 4.79 Å². The molecule has 0 atom stereocenters. The number of hydrogen-bond acceptors (Lipinski definition) is 5. The van der Waals surface area contributed by atoms with E-state index in [4.69, 9.17) is 11.6 Å². The minimum absolute atomic E-state index is 0.192. The van der Waals surface area contributed by atoms with Crippen molar-refractivity contribution < 1.29 is 4.79 Å². The Morgan fingerprint density at radius 2 is 1.93 bits per heavy atom. The van der Waals surface area contributed by atoms with Crippen molar-refractivity contribution in [2.75, 3.05) is 23.3 Å². The fourth-order valence-corrected chi connectivity index (χ4v) is 3.56. The van der Waals surface area contributed by atoms with Gasteiger partial charge in [-0.25, -0.2) is 9.67 Å². The summed E-state index contributed by atoms with van der Waals surface area (Å²) in [6.07, 6.45) is 8.44. The molecule has 0 aliphatic carbocycles. The van der Waals surface area contributed by atoms with E-state index in [1.165, 1.54) is 0 Å². The lowest BCUT2D eigenvalue weighted by Crippen LogP contribution is -2.36. The van der Waals surface area contributed by atoms with E-state index >= 15 is 0 Å². The molecule has 4 heterocycles. The highest BCUT2D eigenvalue weighted by atomic mass is 35.5. The number of pyridine rings is 2. The molecule has 138 valence electrons. The summed E-state index contributed by atoms with van der Waals surface area (Å²) < 4.78 is 1.89. The molecule has 0 aromatic carbocycles. The van der Waals surface area contributed by atoms with Gasteiger partial charge in [0.15, 0.2) is 0 Å². The molecule has 1 saturated heterocycles. The van der Waals surface area contributed by atoms with Crippen LogP contribution in [-0.2, 0) is 0 Å². The molecule has 1 amide bonds. The van der Waals surface area contributed by atoms with Crippen molar-refractivity contribution in [2.24, 2.45) is 0 Å². The van der Waals surface area contributed by atoms with Crippen LogP contribution in [0.5, 0.6) is 0 Å². The van der Waals surface area contributed by atoms with Crippen LogP contribution in [0.15, 0.2) is 55.1 Å². The Bertz CT molecular complexity index is 921. The monoisotopic (exact) mass is 382 g/mol. The molecule has 1 N–H and O–H groups in total. The van der Waals surface area contributed by atoms with Gasteiger partial charge in [-0.2, -0.15) is 5.10 Å². The van der Waals surface area contributed by atoms with Crippen LogP contribution < -0.4 is 10.2 Å². The zero-order valence-electron chi connectivity index (χ0n) is 14.6. The average Bonchev–Trinajstić information content (AvgIpc) is 3.17. The van der Waals surface area contributed by atoms with Gasteiger partial charge in [-0.05, 0) is 37.1 Å². The summed E-state index contributed by atoms with van der Waals surface area (Å²) in [4.78, 5) is 23.0. The van der Waals surface area contributed by atoms with Gasteiger partial charge in [0.25, 0.3) is 5.91 Å². The van der Waals surface area contributed by atoms with Gasteiger partial charge in [-0.3, -0.25) is 9.78 Å². The van der Waals surface area contributed by atoms with Crippen LogP contribution in [0, 0.1) is 0 Å². The Hall–Kier alpha value is -2.93. The van der Waals surface area contributed by atoms with Crippen molar-refractivity contribution in [1.29, 1.82) is 0 Å². The predicted molar refractivity (Wildman–Crippen MR) is 104 cm³/mol. The van der Waals surface area contributed by atoms with Crippen molar-refractivity contribution in [3.05, 3.63) is 65.7 Å². The molecular formula is C19H19ClN6O. The van der Waals surface area contributed by atoms with E-state index in [1.807, 2.05) is 22.9 Å². The van der Waals surface area contributed by atoms with Gasteiger partial charge >= 0.3 is 0 Å². The summed E-state index contributed by atoms with van der Waals surface area (Å²) >= 11 is 6.26. The smallest absolute Gasteiger partial charge is 0.258 e. The molecule has 3 aromatic heterocycles. The third-order valence-corrected chi connectivity index (χ3v) is 4.98. The summed E-state index contributed by atoms with van der Waals surface area (Å²) in [5.74, 6) is 1.32. The first kappa shape index (κ1) is 17.5. The molecule has 0 spiro atoms. The van der Waals surface area contributed by atoms with Crippen molar-refractivity contribution in [2.45, 2.75) is 18.9 Å². The van der Waals surface area contributed by atoms with Crippen molar-refractivity contribution in [3.63, 3.8) is 0 Å². The van der Waals surface area contributed by atoms with Crippen LogP contribution in [0.1, 0.15) is 29.2 Å². The number of nitrogens with one attached hydrogen (secondary N) is 1. The van der Waals surface area contributed by atoms with Crippen molar-refractivity contribution in [1.82, 2.24) is 19.7 Å². The van der Waals surface area contributed by atoms with Crippen molar-refractivity contribution in [3.8, 4) is 0 Å². The summed E-state index contributed by atoms with van der Waals surface area (Å²) in [7, 11) is 0. The largest absolute Gasteiger partial charge is 0.355 e. The van der Waals surface area contributed by atoms with E-state index in [2.05, 4.69) is 25.3 Å². The van der Waals surface area contributed by atoms with E-state index < -0.39 is 0 Å². The summed E-state index contributed by atoms with van der Waals surface area (Å²) in [6.45, 7) is 1.66. The molecule has 0 bridgehead atoms. The minimum atomic E-state index is -0.192. The Kier molecular flexibility index (Phi) is 5.02. The Balaban J connectivity index is 1.43. The topological polar surface area (TPSA) is 75.9 Å². The predicted octanol–water partition coefficient (Wildman–Crippen LogP) is 3.42. The number of carbonyl (C=O) groups excluding carboxylic acids is 1. The second-order valence-electron chi connectivity index (χ2n) is 6.38. The summed E-state index contributed by atoms with van der Waals surface area (Å²) in [5, 5.41) is 8.02. The number of amides is 1. The number of rotatable bonds is 4. The summed E-state index contributed by atoms with van der Waals surface area (Å²) in [5.41, 5.74) is 0.518. The lowest BCUT2D eigenvalue weighted by molar-refractivity contribution is 0.102. The molecule has 0 saturated carbocycles. The first-order valence-corrected chi connectivity index (χ1v) is 9.20. The third-order valence-electron chi connectivity index (χ3n) is 4.68. The van der Waals surface area contributed by atoms with E-state index in [1.54, 1.807) is 36.9 Å². The van der Waals surface area contributed by atoms with E-state index in [-0.39, 0.29) is 11.9 Å². The second-order valence-corrected chi connectivity index (χ2v) is 6.79. The SMILES string of the molecule is O=C(Nc1ccnn1C1CCN(c2ncccc2Cl)CC1)c1cccnc1. The number of anilines is 2. The molecule has 1 fully saturated rings. The lowest BCUT2D eigenvalue weighted by atomic mass is 10.1. The first-order chi connectivity index (χ1) is 13.2. The number of hydrogen-bond donors (Lipinski definition) is 1. The Labute approximate surface area is 162 Å². The third kappa shape index (κ3) is 3.78. The van der Waals surface area contributed by atoms with E-state index in [0.29, 0.717) is 16.4 Å². The highest BCUT2D eigenvalue weighted by Gasteiger charge is 2.25. The fraction of sp³-hybridized carbons (Fsp3) is 0.263. The van der Waals surface area contributed by atoms with Gasteiger partial charge in [0.05, 0.1) is 22.8 Å². The quantitative estimate of drug-likeness (QED) is 0.748. The molecule has 3 aromatic rings. The molecule has 0 radical (unpaired) electrons. The van der Waals surface area contributed by atoms with Gasteiger partial charge < -0.3 is 10.2 Å². The van der Waals surface area contributed by atoms with E-state index in [0.717, 1.165) is 31.7 Å². The normalized spacial score (nSPS) is 14.9. The maximum Gasteiger partial charge on any atom is 0.258 e. The van der Waals surface area contributed by atoms with Crippen LogP contribution in [0.2, 0.25) is 5.02 Å². The van der Waals surface area contributed by atoms with Crippen molar-refractivity contribution >= 4 is 29.1 Å². The molecule has 4 rings (SSSR count).